The highest BCUT2D eigenvalue weighted by Gasteiger charge is 2.34. The zero-order chi connectivity index (χ0) is 23.1. The van der Waals surface area contributed by atoms with Crippen molar-refractivity contribution in [2.24, 2.45) is 11.7 Å². The van der Waals surface area contributed by atoms with Gasteiger partial charge in [0.25, 0.3) is 11.8 Å². The highest BCUT2D eigenvalue weighted by Crippen LogP contribution is 2.29. The summed E-state index contributed by atoms with van der Waals surface area (Å²) in [6.45, 7) is 6.42. The first-order valence-electron chi connectivity index (χ1n) is 10.1. The van der Waals surface area contributed by atoms with Crippen molar-refractivity contribution in [2.75, 3.05) is 17.2 Å². The number of nitrogens with two attached hydrogens (primary N) is 2. The molecule has 0 spiro atoms. The molecular formula is C21H28FN5O3S. The van der Waals surface area contributed by atoms with E-state index >= 15 is 0 Å². The topological polar surface area (TPSA) is 131 Å². The molecule has 0 unspecified atom stereocenters. The molecule has 31 heavy (non-hydrogen) atoms. The number of halogens is 1. The van der Waals surface area contributed by atoms with Crippen molar-refractivity contribution >= 4 is 40.6 Å². The minimum atomic E-state index is -0.898. The predicted octanol–water partition coefficient (Wildman–Crippen LogP) is 2.94. The van der Waals surface area contributed by atoms with Gasteiger partial charge in [0, 0.05) is 12.2 Å². The molecule has 2 rings (SSSR count). The van der Waals surface area contributed by atoms with Gasteiger partial charge in [-0.3, -0.25) is 19.3 Å². The summed E-state index contributed by atoms with van der Waals surface area (Å²) in [5.74, 6) is -2.01. The Kier molecular flexibility index (Phi) is 8.49. The van der Waals surface area contributed by atoms with Crippen molar-refractivity contribution in [3.8, 4) is 0 Å². The second-order valence-electron chi connectivity index (χ2n) is 7.57. The predicted molar refractivity (Wildman–Crippen MR) is 119 cm³/mol. The van der Waals surface area contributed by atoms with Crippen LogP contribution in [0.4, 0.5) is 15.8 Å². The van der Waals surface area contributed by atoms with E-state index in [1.54, 1.807) is 0 Å². The molecule has 3 amide bonds. The first-order chi connectivity index (χ1) is 14.7. The zero-order valence-corrected chi connectivity index (χ0v) is 18.7. The molecule has 8 nitrogen and oxygen atoms in total. The number of carbonyl (C=O) groups is 3. The quantitative estimate of drug-likeness (QED) is 0.513. The summed E-state index contributed by atoms with van der Waals surface area (Å²) < 4.78 is 17.9. The van der Waals surface area contributed by atoms with Crippen molar-refractivity contribution in [1.82, 2.24) is 9.69 Å². The maximum absolute atomic E-state index is 14.0. The molecule has 1 atom stereocenters. The lowest BCUT2D eigenvalue weighted by atomic mass is 10.1. The molecule has 1 aromatic heterocycles. The van der Waals surface area contributed by atoms with Crippen LogP contribution in [0.3, 0.4) is 0 Å². The molecule has 0 aliphatic rings. The van der Waals surface area contributed by atoms with Crippen LogP contribution in [0.1, 0.15) is 60.2 Å². The van der Waals surface area contributed by atoms with Crippen LogP contribution in [0.5, 0.6) is 0 Å². The van der Waals surface area contributed by atoms with Crippen LogP contribution >= 0.6 is 11.5 Å². The van der Waals surface area contributed by atoms with Crippen LogP contribution in [0.15, 0.2) is 24.3 Å². The molecule has 0 saturated heterocycles. The Bertz CT molecular complexity index is 947. The van der Waals surface area contributed by atoms with Crippen LogP contribution < -0.4 is 21.7 Å². The lowest BCUT2D eigenvalue weighted by Crippen LogP contribution is -2.50. The van der Waals surface area contributed by atoms with E-state index in [1.807, 2.05) is 20.8 Å². The molecule has 168 valence electrons. The van der Waals surface area contributed by atoms with E-state index in [0.717, 1.165) is 6.42 Å². The summed E-state index contributed by atoms with van der Waals surface area (Å²) in [5, 5.41) is 2.86. The third-order valence-corrected chi connectivity index (χ3v) is 5.51. The van der Waals surface area contributed by atoms with E-state index < -0.39 is 23.7 Å². The minimum absolute atomic E-state index is 0.0332. The van der Waals surface area contributed by atoms with E-state index in [0.29, 0.717) is 36.8 Å². The number of primary amides is 1. The van der Waals surface area contributed by atoms with Crippen LogP contribution in [0.25, 0.3) is 0 Å². The number of nitrogen functional groups attached to an aromatic ring is 1. The Labute approximate surface area is 185 Å². The summed E-state index contributed by atoms with van der Waals surface area (Å²) in [6, 6.07) is 4.52. The maximum atomic E-state index is 14.0. The third kappa shape index (κ3) is 6.00. The average molecular weight is 450 g/mol. The van der Waals surface area contributed by atoms with Gasteiger partial charge in [-0.2, -0.15) is 4.37 Å². The van der Waals surface area contributed by atoms with Gasteiger partial charge in [0.15, 0.2) is 5.69 Å². The molecule has 1 aromatic carbocycles. The first-order valence-corrected chi connectivity index (χ1v) is 10.9. The lowest BCUT2D eigenvalue weighted by molar-refractivity contribution is -0.122. The monoisotopic (exact) mass is 449 g/mol. The standard InChI is InChI=1S/C21H28FN5O3S/c1-4-6-15(20(29)25-10-9-12(2)3)27(14-8-5-7-13(22)11-14)21(30)18-16(23)17(19(24)28)26-31-18/h5,7-8,11-12,15H,4,6,9-10,23H2,1-3H3,(H2,24,28)(H,25,29)/t15-/m1/s1. The van der Waals surface area contributed by atoms with Gasteiger partial charge >= 0.3 is 0 Å². The van der Waals surface area contributed by atoms with E-state index in [1.165, 1.54) is 29.2 Å². The minimum Gasteiger partial charge on any atom is -0.395 e. The summed E-state index contributed by atoms with van der Waals surface area (Å²) >= 11 is 0.716. The Morgan fingerprint density at radius 1 is 1.26 bits per heavy atom. The largest absolute Gasteiger partial charge is 0.395 e. The van der Waals surface area contributed by atoms with Crippen LogP contribution in [-0.2, 0) is 4.79 Å². The van der Waals surface area contributed by atoms with Crippen LogP contribution in [0, 0.1) is 11.7 Å². The number of hydrogen-bond donors (Lipinski definition) is 3. The van der Waals surface area contributed by atoms with E-state index in [2.05, 4.69) is 9.69 Å². The van der Waals surface area contributed by atoms with Gasteiger partial charge in [-0.1, -0.05) is 33.3 Å². The molecular weight excluding hydrogens is 421 g/mol. The Morgan fingerprint density at radius 3 is 2.52 bits per heavy atom. The lowest BCUT2D eigenvalue weighted by Gasteiger charge is -2.31. The number of anilines is 2. The third-order valence-electron chi connectivity index (χ3n) is 4.66. The van der Waals surface area contributed by atoms with Gasteiger partial charge in [0.05, 0.1) is 5.69 Å². The van der Waals surface area contributed by atoms with Gasteiger partial charge in [0.1, 0.15) is 16.7 Å². The number of rotatable bonds is 10. The van der Waals surface area contributed by atoms with Crippen LogP contribution in [0.2, 0.25) is 0 Å². The number of nitrogens with zero attached hydrogens (tertiary/aromatic N) is 2. The van der Waals surface area contributed by atoms with Crippen molar-refractivity contribution in [1.29, 1.82) is 0 Å². The molecule has 0 aliphatic carbocycles. The zero-order valence-electron chi connectivity index (χ0n) is 17.9. The molecule has 0 fully saturated rings. The highest BCUT2D eigenvalue weighted by molar-refractivity contribution is 7.09. The number of amides is 3. The molecule has 2 aromatic rings. The number of aromatic nitrogens is 1. The summed E-state index contributed by atoms with van der Waals surface area (Å²) in [6.07, 6.45) is 1.73. The molecule has 1 heterocycles. The Hall–Kier alpha value is -3.01. The SMILES string of the molecule is CCC[C@H](C(=O)NCCC(C)C)N(C(=O)c1snc(C(N)=O)c1N)c1cccc(F)c1. The van der Waals surface area contributed by atoms with Gasteiger partial charge in [0.2, 0.25) is 5.91 Å². The van der Waals surface area contributed by atoms with Crippen molar-refractivity contribution in [3.63, 3.8) is 0 Å². The normalized spacial score (nSPS) is 11.9. The second kappa shape index (κ2) is 10.9. The Balaban J connectivity index is 2.49. The average Bonchev–Trinajstić information content (AvgIpc) is 3.08. The second-order valence-corrected chi connectivity index (χ2v) is 8.34. The summed E-state index contributed by atoms with van der Waals surface area (Å²) in [7, 11) is 0. The molecule has 0 aliphatic heterocycles. The molecule has 0 saturated carbocycles. The molecule has 0 radical (unpaired) electrons. The number of benzene rings is 1. The Morgan fingerprint density at radius 2 is 1.97 bits per heavy atom. The van der Waals surface area contributed by atoms with Crippen LogP contribution in [-0.4, -0.2) is 34.7 Å². The van der Waals surface area contributed by atoms with Gasteiger partial charge < -0.3 is 16.8 Å². The van der Waals surface area contributed by atoms with Gasteiger partial charge in [-0.15, -0.1) is 0 Å². The van der Waals surface area contributed by atoms with E-state index in [9.17, 15) is 18.8 Å². The highest BCUT2D eigenvalue weighted by atomic mass is 32.1. The molecule has 0 bridgehead atoms. The fraction of sp³-hybridized carbons (Fsp3) is 0.429. The van der Waals surface area contributed by atoms with Gasteiger partial charge in [-0.05, 0) is 48.5 Å². The first kappa shape index (κ1) is 24.3. The fourth-order valence-corrected chi connectivity index (χ4v) is 3.80. The number of nitrogens with one attached hydrogen (secondary N) is 1. The molecule has 10 heteroatoms. The van der Waals surface area contributed by atoms with E-state index in [4.69, 9.17) is 11.5 Å². The van der Waals surface area contributed by atoms with Crippen molar-refractivity contribution < 1.29 is 18.8 Å². The van der Waals surface area contributed by atoms with Crippen molar-refractivity contribution in [2.45, 2.75) is 46.1 Å². The number of hydrogen-bond acceptors (Lipinski definition) is 6. The van der Waals surface area contributed by atoms with Crippen molar-refractivity contribution in [3.05, 3.63) is 40.7 Å². The maximum Gasteiger partial charge on any atom is 0.272 e. The smallest absolute Gasteiger partial charge is 0.272 e. The van der Waals surface area contributed by atoms with E-state index in [-0.39, 0.29) is 27.9 Å². The molecule has 5 N–H and O–H groups in total. The fourth-order valence-electron chi connectivity index (χ4n) is 3.06. The number of carbonyl (C=O) groups excluding carboxylic acids is 3. The van der Waals surface area contributed by atoms with Gasteiger partial charge in [-0.25, -0.2) is 4.39 Å². The summed E-state index contributed by atoms with van der Waals surface area (Å²) in [5.41, 5.74) is 11.0. The summed E-state index contributed by atoms with van der Waals surface area (Å²) in [4.78, 5) is 39.2.